The van der Waals surface area contributed by atoms with Crippen molar-refractivity contribution >= 4 is 17.9 Å². The zero-order chi connectivity index (χ0) is 22.7. The molecule has 1 atom stereocenters. The average Bonchev–Trinajstić information content (AvgIpc) is 2.79. The number of nitrogens with one attached hydrogen (secondary N) is 1. The van der Waals surface area contributed by atoms with Crippen LogP contribution in [0.1, 0.15) is 38.9 Å². The summed E-state index contributed by atoms with van der Waals surface area (Å²) in [5.74, 6) is 0.0109. The molecule has 3 aromatic carbocycles. The largest absolute Gasteiger partial charge is 0.351 e. The second-order valence-corrected chi connectivity index (χ2v) is 9.47. The summed E-state index contributed by atoms with van der Waals surface area (Å²) in [7, 11) is 0. The molecule has 0 saturated carbocycles. The lowest BCUT2D eigenvalue weighted by atomic mass is 9.95. The van der Waals surface area contributed by atoms with E-state index in [1.807, 2.05) is 24.3 Å². The summed E-state index contributed by atoms with van der Waals surface area (Å²) in [6.07, 6.45) is 0.678. The molecule has 1 unspecified atom stereocenters. The van der Waals surface area contributed by atoms with Gasteiger partial charge in [-0.1, -0.05) is 54.1 Å². The van der Waals surface area contributed by atoms with Gasteiger partial charge in [0.25, 0.3) is 0 Å². The summed E-state index contributed by atoms with van der Waals surface area (Å²) in [6.45, 7) is 7.52. The fourth-order valence-corrected chi connectivity index (χ4v) is 5.45. The third kappa shape index (κ3) is 4.88. The molecule has 3 aromatic rings. The zero-order valence-electron chi connectivity index (χ0n) is 18.7. The quantitative estimate of drug-likeness (QED) is 0.551. The Morgan fingerprint density at radius 2 is 1.78 bits per heavy atom. The highest BCUT2D eigenvalue weighted by molar-refractivity contribution is 7.97. The predicted molar refractivity (Wildman–Crippen MR) is 129 cm³/mol. The minimum absolute atomic E-state index is 0.0109. The number of hydrogen-bond donors (Lipinski definition) is 1. The molecule has 0 radical (unpaired) electrons. The predicted octanol–water partition coefficient (Wildman–Crippen LogP) is 5.23. The van der Waals surface area contributed by atoms with Crippen molar-refractivity contribution in [3.8, 4) is 6.07 Å². The lowest BCUT2D eigenvalue weighted by Gasteiger charge is -2.35. The van der Waals surface area contributed by atoms with E-state index in [1.165, 1.54) is 32.7 Å². The molecule has 1 N–H and O–H groups in total. The van der Waals surface area contributed by atoms with Crippen molar-refractivity contribution in [2.75, 3.05) is 0 Å². The Morgan fingerprint density at radius 1 is 1.06 bits per heavy atom. The lowest BCUT2D eigenvalue weighted by molar-refractivity contribution is -0.125. The van der Waals surface area contributed by atoms with Gasteiger partial charge in [0, 0.05) is 18.0 Å². The van der Waals surface area contributed by atoms with Crippen molar-refractivity contribution in [1.29, 1.82) is 5.26 Å². The van der Waals surface area contributed by atoms with Crippen LogP contribution >= 0.6 is 11.9 Å². The van der Waals surface area contributed by atoms with Gasteiger partial charge in [0.2, 0.25) is 5.91 Å². The van der Waals surface area contributed by atoms with E-state index in [1.54, 1.807) is 18.0 Å². The zero-order valence-corrected chi connectivity index (χ0v) is 19.5. The van der Waals surface area contributed by atoms with Crippen molar-refractivity contribution in [1.82, 2.24) is 9.62 Å². The SMILES string of the molecule is Cc1cc(C)c(SN2Cc3ccccc3CC2C(=O)NCc2cccc(C#N)c2)c(C)c1. The molecule has 0 spiro atoms. The molecular weight excluding hydrogens is 414 g/mol. The minimum atomic E-state index is -0.269. The molecule has 32 heavy (non-hydrogen) atoms. The van der Waals surface area contributed by atoms with E-state index in [9.17, 15) is 4.79 Å². The second kappa shape index (κ2) is 9.60. The van der Waals surface area contributed by atoms with Crippen LogP contribution in [0.5, 0.6) is 0 Å². The normalized spacial score (nSPS) is 15.6. The molecule has 0 saturated heterocycles. The Balaban J connectivity index is 1.57. The summed E-state index contributed by atoms with van der Waals surface area (Å²) < 4.78 is 2.22. The van der Waals surface area contributed by atoms with Gasteiger partial charge >= 0.3 is 0 Å². The van der Waals surface area contributed by atoms with Crippen molar-refractivity contribution < 1.29 is 4.79 Å². The summed E-state index contributed by atoms with van der Waals surface area (Å²) >= 11 is 1.68. The Morgan fingerprint density at radius 3 is 2.50 bits per heavy atom. The Kier molecular flexibility index (Phi) is 6.64. The molecule has 0 fully saturated rings. The molecule has 5 heteroatoms. The summed E-state index contributed by atoms with van der Waals surface area (Å²) in [6, 6.07) is 22.0. The van der Waals surface area contributed by atoms with Gasteiger partial charge in [-0.3, -0.25) is 4.79 Å². The van der Waals surface area contributed by atoms with Crippen LogP contribution < -0.4 is 5.32 Å². The number of rotatable bonds is 5. The van der Waals surface area contributed by atoms with Gasteiger partial charge in [0.1, 0.15) is 6.04 Å². The van der Waals surface area contributed by atoms with Crippen LogP contribution in [0.2, 0.25) is 0 Å². The molecule has 1 heterocycles. The number of benzene rings is 3. The van der Waals surface area contributed by atoms with Gasteiger partial charge in [-0.2, -0.15) is 5.26 Å². The summed E-state index contributed by atoms with van der Waals surface area (Å²) in [5, 5.41) is 12.2. The first kappa shape index (κ1) is 22.1. The molecule has 0 aromatic heterocycles. The first-order valence-electron chi connectivity index (χ1n) is 10.8. The van der Waals surface area contributed by atoms with Gasteiger partial charge in [0.05, 0.1) is 11.6 Å². The molecular formula is C27H27N3OS. The average molecular weight is 442 g/mol. The third-order valence-corrected chi connectivity index (χ3v) is 7.29. The lowest BCUT2D eigenvalue weighted by Crippen LogP contribution is -2.47. The maximum absolute atomic E-state index is 13.3. The monoisotopic (exact) mass is 441 g/mol. The van der Waals surface area contributed by atoms with Crippen LogP contribution in [0.25, 0.3) is 0 Å². The van der Waals surface area contributed by atoms with Gasteiger partial charge in [-0.15, -0.1) is 0 Å². The number of nitriles is 1. The van der Waals surface area contributed by atoms with Crippen LogP contribution in [0, 0.1) is 32.1 Å². The van der Waals surface area contributed by atoms with E-state index < -0.39 is 0 Å². The maximum atomic E-state index is 13.3. The third-order valence-electron chi connectivity index (χ3n) is 5.84. The molecule has 1 aliphatic rings. The Labute approximate surface area is 194 Å². The van der Waals surface area contributed by atoms with Crippen LogP contribution in [0.4, 0.5) is 0 Å². The topological polar surface area (TPSA) is 56.1 Å². The first-order chi connectivity index (χ1) is 15.4. The van der Waals surface area contributed by atoms with E-state index in [4.69, 9.17) is 5.26 Å². The highest BCUT2D eigenvalue weighted by Crippen LogP contribution is 2.36. The van der Waals surface area contributed by atoms with Gasteiger partial charge in [-0.05, 0) is 79.1 Å². The first-order valence-corrected chi connectivity index (χ1v) is 11.6. The summed E-state index contributed by atoms with van der Waals surface area (Å²) in [5.41, 5.74) is 7.75. The summed E-state index contributed by atoms with van der Waals surface area (Å²) in [4.78, 5) is 14.5. The van der Waals surface area contributed by atoms with E-state index in [0.29, 0.717) is 18.5 Å². The fraction of sp³-hybridized carbons (Fsp3) is 0.259. The standard InChI is InChI=1S/C27H27N3OS/c1-18-11-19(2)26(20(3)12-18)32-30-17-24-10-5-4-9-23(24)14-25(30)27(31)29-16-22-8-6-7-21(13-22)15-28/h4-13,25H,14,16-17H2,1-3H3,(H,29,31). The van der Waals surface area contributed by atoms with Crippen LogP contribution in [0.15, 0.2) is 65.6 Å². The van der Waals surface area contributed by atoms with Crippen molar-refractivity contribution in [3.63, 3.8) is 0 Å². The number of carbonyl (C=O) groups excluding carboxylic acids is 1. The van der Waals surface area contributed by atoms with E-state index in [-0.39, 0.29) is 11.9 Å². The van der Waals surface area contributed by atoms with E-state index in [2.05, 4.69) is 66.8 Å². The molecule has 1 amide bonds. The Bertz CT molecular complexity index is 1170. The van der Waals surface area contributed by atoms with Crippen molar-refractivity contribution in [2.45, 2.75) is 51.2 Å². The minimum Gasteiger partial charge on any atom is -0.351 e. The Hall–Kier alpha value is -3.07. The van der Waals surface area contributed by atoms with E-state index >= 15 is 0 Å². The number of amides is 1. The highest BCUT2D eigenvalue weighted by Gasteiger charge is 2.32. The fourth-order valence-electron chi connectivity index (χ4n) is 4.30. The van der Waals surface area contributed by atoms with E-state index in [0.717, 1.165) is 12.1 Å². The maximum Gasteiger partial charge on any atom is 0.238 e. The molecule has 0 aliphatic carbocycles. The number of carbonyl (C=O) groups is 1. The van der Waals surface area contributed by atoms with Crippen LogP contribution in [0.3, 0.4) is 0 Å². The van der Waals surface area contributed by atoms with Gasteiger partial charge in [-0.25, -0.2) is 4.31 Å². The van der Waals surface area contributed by atoms with Crippen LogP contribution in [-0.4, -0.2) is 16.3 Å². The van der Waals surface area contributed by atoms with Gasteiger partial charge < -0.3 is 5.32 Å². The molecule has 1 aliphatic heterocycles. The van der Waals surface area contributed by atoms with Gasteiger partial charge in [0.15, 0.2) is 0 Å². The number of nitrogens with zero attached hydrogens (tertiary/aromatic N) is 2. The van der Waals surface area contributed by atoms with Crippen molar-refractivity contribution in [3.05, 3.63) is 99.6 Å². The van der Waals surface area contributed by atoms with Crippen molar-refractivity contribution in [2.24, 2.45) is 0 Å². The number of fused-ring (bicyclic) bond motifs is 1. The number of hydrogen-bond acceptors (Lipinski definition) is 4. The molecule has 4 nitrogen and oxygen atoms in total. The van der Waals surface area contributed by atoms with Crippen LogP contribution in [-0.2, 0) is 24.3 Å². The molecule has 0 bridgehead atoms. The molecule has 162 valence electrons. The smallest absolute Gasteiger partial charge is 0.238 e. The molecule has 4 rings (SSSR count). The second-order valence-electron chi connectivity index (χ2n) is 8.41. The highest BCUT2D eigenvalue weighted by atomic mass is 32.2. The number of aryl methyl sites for hydroxylation is 3.